The molecule has 7 nitrogen and oxygen atoms in total. The van der Waals surface area contributed by atoms with Crippen molar-refractivity contribution in [2.75, 3.05) is 18.0 Å². The summed E-state index contributed by atoms with van der Waals surface area (Å²) in [5.74, 6) is -2.12. The van der Waals surface area contributed by atoms with Crippen LogP contribution in [-0.2, 0) is 32.1 Å². The Labute approximate surface area is 156 Å². The number of hydrogen-bond donors (Lipinski definition) is 0. The number of nitrogens with zero attached hydrogens (tertiary/aromatic N) is 3. The average Bonchev–Trinajstić information content (AvgIpc) is 2.98. The van der Waals surface area contributed by atoms with E-state index in [0.29, 0.717) is 5.06 Å². The number of carbonyl (C=O) groups excluding carboxylic acids is 3. The topological polar surface area (TPSA) is 90.7 Å². The van der Waals surface area contributed by atoms with Gasteiger partial charge in [0.2, 0.25) is 0 Å². The van der Waals surface area contributed by atoms with E-state index < -0.39 is 17.8 Å². The Kier molecular flexibility index (Phi) is 4.40. The van der Waals surface area contributed by atoms with Crippen LogP contribution in [0.1, 0.15) is 42.4 Å². The van der Waals surface area contributed by atoms with Crippen molar-refractivity contribution in [3.8, 4) is 6.07 Å². The fourth-order valence-electron chi connectivity index (χ4n) is 4.01. The van der Waals surface area contributed by atoms with Gasteiger partial charge >= 0.3 is 5.97 Å². The maximum atomic E-state index is 12.3. The molecule has 1 aromatic carbocycles. The normalized spacial score (nSPS) is 19.0. The molecule has 0 saturated carbocycles. The van der Waals surface area contributed by atoms with Crippen LogP contribution in [-0.4, -0.2) is 35.9 Å². The highest BCUT2D eigenvalue weighted by Gasteiger charge is 2.33. The number of hydroxylamine groups is 2. The minimum absolute atomic E-state index is 0.0163. The Morgan fingerprint density at radius 2 is 1.63 bits per heavy atom. The molecular weight excluding hydrogens is 346 g/mol. The lowest BCUT2D eigenvalue weighted by atomic mass is 9.90. The molecule has 0 atom stereocenters. The van der Waals surface area contributed by atoms with E-state index in [-0.39, 0.29) is 18.4 Å². The quantitative estimate of drug-likeness (QED) is 0.462. The summed E-state index contributed by atoms with van der Waals surface area (Å²) in [6.45, 7) is 2.14. The molecule has 0 spiro atoms. The summed E-state index contributed by atoms with van der Waals surface area (Å²) in [4.78, 5) is 42.7. The first kappa shape index (κ1) is 17.3. The first-order valence-electron chi connectivity index (χ1n) is 9.17. The highest BCUT2D eigenvalue weighted by molar-refractivity contribution is 6.04. The van der Waals surface area contributed by atoms with Gasteiger partial charge in [0.1, 0.15) is 11.6 Å². The standard InChI is InChI=1S/C20H19N3O4/c21-12-16(20(26)27-23-17(24)5-6-18(23)25)11-13-9-14-3-1-7-22-8-2-4-15(10-13)19(14)22/h9-11H,1-8H2. The fourth-order valence-corrected chi connectivity index (χ4v) is 4.01. The zero-order chi connectivity index (χ0) is 19.0. The van der Waals surface area contributed by atoms with Crippen molar-refractivity contribution >= 4 is 29.5 Å². The molecule has 3 heterocycles. The monoisotopic (exact) mass is 365 g/mol. The Balaban J connectivity index is 1.61. The lowest BCUT2D eigenvalue weighted by Gasteiger charge is -2.37. The maximum Gasteiger partial charge on any atom is 0.374 e. The van der Waals surface area contributed by atoms with E-state index >= 15 is 0 Å². The van der Waals surface area contributed by atoms with Gasteiger partial charge in [-0.2, -0.15) is 5.26 Å². The minimum Gasteiger partial charge on any atom is -0.371 e. The zero-order valence-corrected chi connectivity index (χ0v) is 14.9. The number of carbonyl (C=O) groups is 3. The summed E-state index contributed by atoms with van der Waals surface area (Å²) >= 11 is 0. The Morgan fingerprint density at radius 1 is 1.04 bits per heavy atom. The lowest BCUT2D eigenvalue weighted by molar-refractivity contribution is -0.194. The molecule has 0 bridgehead atoms. The molecule has 1 aromatic rings. The summed E-state index contributed by atoms with van der Waals surface area (Å²) in [5.41, 5.74) is 4.30. The second kappa shape index (κ2) is 6.88. The van der Waals surface area contributed by atoms with Gasteiger partial charge in [-0.3, -0.25) is 9.59 Å². The molecule has 0 radical (unpaired) electrons. The number of benzene rings is 1. The number of anilines is 1. The second-order valence-corrected chi connectivity index (χ2v) is 7.01. The van der Waals surface area contributed by atoms with Gasteiger partial charge in [-0.15, -0.1) is 5.06 Å². The van der Waals surface area contributed by atoms with Gasteiger partial charge < -0.3 is 9.74 Å². The van der Waals surface area contributed by atoms with Crippen molar-refractivity contribution in [2.45, 2.75) is 38.5 Å². The van der Waals surface area contributed by atoms with Crippen LogP contribution in [0.5, 0.6) is 0 Å². The predicted molar refractivity (Wildman–Crippen MR) is 96.1 cm³/mol. The highest BCUT2D eigenvalue weighted by Crippen LogP contribution is 2.36. The van der Waals surface area contributed by atoms with Crippen molar-refractivity contribution in [2.24, 2.45) is 0 Å². The number of imide groups is 1. The molecule has 2 amide bonds. The van der Waals surface area contributed by atoms with Gasteiger partial charge in [0.05, 0.1) is 0 Å². The van der Waals surface area contributed by atoms with E-state index in [1.807, 2.05) is 18.2 Å². The van der Waals surface area contributed by atoms with Crippen molar-refractivity contribution in [3.63, 3.8) is 0 Å². The van der Waals surface area contributed by atoms with E-state index in [1.54, 1.807) is 0 Å². The Hall–Kier alpha value is -3.14. The first-order chi connectivity index (χ1) is 13.1. The molecule has 3 aliphatic rings. The summed E-state index contributed by atoms with van der Waals surface area (Å²) in [5, 5.41) is 9.83. The van der Waals surface area contributed by atoms with Crippen molar-refractivity contribution in [1.82, 2.24) is 5.06 Å². The predicted octanol–water partition coefficient (Wildman–Crippen LogP) is 1.90. The Morgan fingerprint density at radius 3 is 2.19 bits per heavy atom. The van der Waals surface area contributed by atoms with Gasteiger partial charge in [0, 0.05) is 31.6 Å². The third-order valence-electron chi connectivity index (χ3n) is 5.19. The molecule has 7 heteroatoms. The summed E-state index contributed by atoms with van der Waals surface area (Å²) < 4.78 is 0. The van der Waals surface area contributed by atoms with Crippen LogP contribution in [0.3, 0.4) is 0 Å². The first-order valence-corrected chi connectivity index (χ1v) is 9.17. The molecule has 1 saturated heterocycles. The van der Waals surface area contributed by atoms with Crippen LogP contribution in [0, 0.1) is 11.3 Å². The van der Waals surface area contributed by atoms with Crippen molar-refractivity contribution < 1.29 is 19.2 Å². The maximum absolute atomic E-state index is 12.3. The van der Waals surface area contributed by atoms with E-state index in [1.165, 1.54) is 22.9 Å². The smallest absolute Gasteiger partial charge is 0.371 e. The van der Waals surface area contributed by atoms with Crippen LogP contribution in [0.25, 0.3) is 6.08 Å². The number of aryl methyl sites for hydroxylation is 2. The molecule has 4 rings (SSSR count). The molecule has 0 N–H and O–H groups in total. The van der Waals surface area contributed by atoms with Gasteiger partial charge in [-0.05, 0) is 60.6 Å². The molecule has 27 heavy (non-hydrogen) atoms. The van der Waals surface area contributed by atoms with E-state index in [9.17, 15) is 19.6 Å². The number of hydrogen-bond acceptors (Lipinski definition) is 6. The third-order valence-corrected chi connectivity index (χ3v) is 5.19. The Bertz CT molecular complexity index is 865. The second-order valence-electron chi connectivity index (χ2n) is 7.01. The average molecular weight is 365 g/mol. The van der Waals surface area contributed by atoms with Crippen molar-refractivity contribution in [3.05, 3.63) is 34.4 Å². The van der Waals surface area contributed by atoms with Gasteiger partial charge in [0.15, 0.2) is 0 Å². The largest absolute Gasteiger partial charge is 0.374 e. The van der Waals surface area contributed by atoms with Crippen LogP contribution in [0.15, 0.2) is 17.7 Å². The van der Waals surface area contributed by atoms with Crippen LogP contribution in [0.4, 0.5) is 5.69 Å². The zero-order valence-electron chi connectivity index (χ0n) is 14.9. The van der Waals surface area contributed by atoms with E-state index in [0.717, 1.165) is 44.3 Å². The lowest BCUT2D eigenvalue weighted by Crippen LogP contribution is -2.34. The number of rotatable bonds is 3. The van der Waals surface area contributed by atoms with Gasteiger partial charge in [0.25, 0.3) is 11.8 Å². The van der Waals surface area contributed by atoms with Crippen LogP contribution < -0.4 is 4.90 Å². The van der Waals surface area contributed by atoms with Gasteiger partial charge in [-0.25, -0.2) is 4.79 Å². The van der Waals surface area contributed by atoms with Crippen molar-refractivity contribution in [1.29, 1.82) is 5.26 Å². The highest BCUT2D eigenvalue weighted by atomic mass is 16.7. The molecule has 0 unspecified atom stereocenters. The number of amides is 2. The molecule has 1 fully saturated rings. The molecule has 0 aromatic heterocycles. The minimum atomic E-state index is -0.992. The molecular formula is C20H19N3O4. The summed E-state index contributed by atoms with van der Waals surface area (Å²) in [6.07, 6.45) is 5.63. The van der Waals surface area contributed by atoms with Crippen LogP contribution >= 0.6 is 0 Å². The number of nitriles is 1. The molecule has 138 valence electrons. The molecule has 0 aliphatic carbocycles. The summed E-state index contributed by atoms with van der Waals surface area (Å²) in [6, 6.07) is 5.84. The fraction of sp³-hybridized carbons (Fsp3) is 0.400. The SMILES string of the molecule is N#CC(=Cc1cc2c3c(c1)CCCN3CCC2)C(=O)ON1C(=O)CCC1=O. The molecule has 3 aliphatic heterocycles. The van der Waals surface area contributed by atoms with E-state index in [2.05, 4.69) is 4.90 Å². The summed E-state index contributed by atoms with van der Waals surface area (Å²) in [7, 11) is 0. The van der Waals surface area contributed by atoms with Gasteiger partial charge in [-0.1, -0.05) is 0 Å². The third kappa shape index (κ3) is 3.19. The van der Waals surface area contributed by atoms with Crippen LogP contribution in [0.2, 0.25) is 0 Å². The van der Waals surface area contributed by atoms with E-state index in [4.69, 9.17) is 4.84 Å².